The molecule has 1 unspecified atom stereocenters. The Kier molecular flexibility index (Phi) is 5.89. The van der Waals surface area contributed by atoms with Gasteiger partial charge in [0.15, 0.2) is 11.9 Å². The van der Waals surface area contributed by atoms with Crippen LogP contribution in [-0.2, 0) is 14.8 Å². The lowest BCUT2D eigenvalue weighted by molar-refractivity contribution is 0.0235. The zero-order valence-corrected chi connectivity index (χ0v) is 18.5. The van der Waals surface area contributed by atoms with Gasteiger partial charge in [-0.25, -0.2) is 22.0 Å². The number of benzene rings is 3. The van der Waals surface area contributed by atoms with Crippen LogP contribution in [0.15, 0.2) is 53.4 Å². The van der Waals surface area contributed by atoms with E-state index in [2.05, 4.69) is 4.72 Å². The van der Waals surface area contributed by atoms with Gasteiger partial charge in [-0.2, -0.15) is 0 Å². The Bertz CT molecular complexity index is 1380. The first-order valence-electron chi connectivity index (χ1n) is 9.44. The summed E-state index contributed by atoms with van der Waals surface area (Å²) in [6.45, 7) is -1.14. The highest BCUT2D eigenvalue weighted by Gasteiger charge is 2.28. The molecule has 1 aliphatic rings. The Hall–Kier alpha value is -3.37. The van der Waals surface area contributed by atoms with Crippen LogP contribution in [-0.4, -0.2) is 33.3 Å². The number of aromatic hydroxyl groups is 1. The Balaban J connectivity index is 2.05. The molecule has 0 radical (unpaired) electrons. The third-order valence-electron chi connectivity index (χ3n) is 5.06. The number of halogens is 3. The topological polar surface area (TPSA) is 102 Å². The molecule has 4 bridgehead atoms. The first-order chi connectivity index (χ1) is 15.6. The number of anilines is 1. The molecule has 0 amide bonds. The quantitative estimate of drug-likeness (QED) is 0.493. The average Bonchev–Trinajstić information content (AvgIpc) is 2.78. The van der Waals surface area contributed by atoms with Crippen molar-refractivity contribution in [3.63, 3.8) is 0 Å². The minimum atomic E-state index is -4.49. The molecule has 0 aliphatic carbocycles. The van der Waals surface area contributed by atoms with Crippen molar-refractivity contribution in [3.8, 4) is 22.6 Å². The molecule has 3 aromatic rings. The first-order valence-corrected chi connectivity index (χ1v) is 11.3. The Morgan fingerprint density at radius 2 is 1.91 bits per heavy atom. The summed E-state index contributed by atoms with van der Waals surface area (Å²) in [5, 5.41) is 9.84. The van der Waals surface area contributed by atoms with Crippen molar-refractivity contribution >= 4 is 33.3 Å². The Morgan fingerprint density at radius 1 is 1.15 bits per heavy atom. The van der Waals surface area contributed by atoms with Gasteiger partial charge in [0.25, 0.3) is 10.0 Å². The van der Waals surface area contributed by atoms with E-state index < -0.39 is 50.3 Å². The monoisotopic (exact) mass is 495 g/mol. The van der Waals surface area contributed by atoms with Crippen LogP contribution in [0.5, 0.6) is 11.5 Å². The maximum absolute atomic E-state index is 14.1. The molecule has 2 N–H and O–H groups in total. The van der Waals surface area contributed by atoms with Gasteiger partial charge in [0.2, 0.25) is 0 Å². The van der Waals surface area contributed by atoms with E-state index >= 15 is 0 Å². The van der Waals surface area contributed by atoms with Gasteiger partial charge in [-0.05, 0) is 47.5 Å². The van der Waals surface area contributed by atoms with Crippen LogP contribution in [0.1, 0.15) is 22.0 Å². The normalized spacial score (nSPS) is 16.8. The van der Waals surface area contributed by atoms with Crippen molar-refractivity contribution in [3.05, 3.63) is 70.5 Å². The molecule has 1 aliphatic heterocycles. The first kappa shape index (κ1) is 22.8. The molecule has 1 atom stereocenters. The maximum atomic E-state index is 14.1. The number of phenolic OH excluding ortho intramolecular Hbond substituents is 1. The van der Waals surface area contributed by atoms with Crippen molar-refractivity contribution < 1.29 is 36.6 Å². The number of esters is 1. The highest BCUT2D eigenvalue weighted by Crippen LogP contribution is 2.39. The molecular formula is C22H16ClF2NO6S. The minimum Gasteiger partial charge on any atom is -0.505 e. The zero-order chi connectivity index (χ0) is 23.9. The van der Waals surface area contributed by atoms with Gasteiger partial charge < -0.3 is 14.6 Å². The van der Waals surface area contributed by atoms with Crippen LogP contribution < -0.4 is 9.46 Å². The van der Waals surface area contributed by atoms with Gasteiger partial charge in [0.05, 0.1) is 23.4 Å². The molecule has 7 nitrogen and oxygen atoms in total. The van der Waals surface area contributed by atoms with E-state index in [4.69, 9.17) is 21.1 Å². The molecular weight excluding hydrogens is 480 g/mol. The number of nitrogens with one attached hydrogen (secondary N) is 1. The van der Waals surface area contributed by atoms with Gasteiger partial charge in [-0.1, -0.05) is 23.7 Å². The fourth-order valence-corrected chi connectivity index (χ4v) is 4.97. The second-order valence-electron chi connectivity index (χ2n) is 7.11. The summed E-state index contributed by atoms with van der Waals surface area (Å²) in [5.41, 5.74) is 0.259. The number of fused-ring (bicyclic) bond motifs is 6. The molecule has 0 aromatic heterocycles. The van der Waals surface area contributed by atoms with Crippen LogP contribution in [0.3, 0.4) is 0 Å². The summed E-state index contributed by atoms with van der Waals surface area (Å²) in [5.74, 6) is -2.40. The van der Waals surface area contributed by atoms with Gasteiger partial charge in [-0.3, -0.25) is 4.72 Å². The van der Waals surface area contributed by atoms with Gasteiger partial charge in [0.1, 0.15) is 23.1 Å². The van der Waals surface area contributed by atoms with Crippen molar-refractivity contribution in [2.24, 2.45) is 0 Å². The van der Waals surface area contributed by atoms with Crippen LogP contribution >= 0.6 is 11.6 Å². The van der Waals surface area contributed by atoms with E-state index in [0.29, 0.717) is 5.56 Å². The minimum absolute atomic E-state index is 0.0468. The SMILES string of the molecule is COc1ccc2cc1NS(=O)(=O)c1cc(cc(Cl)c1O)C(=O)OC(CF)c1ccc(F)cc1-2. The number of carbonyl (C=O) groups excluding carboxylic acids is 1. The van der Waals surface area contributed by atoms with Crippen molar-refractivity contribution in [1.29, 1.82) is 0 Å². The van der Waals surface area contributed by atoms with Crippen LogP contribution in [0, 0.1) is 5.82 Å². The van der Waals surface area contributed by atoms with Gasteiger partial charge in [-0.15, -0.1) is 0 Å². The lowest BCUT2D eigenvalue weighted by Crippen LogP contribution is -2.16. The number of sulfonamides is 1. The summed E-state index contributed by atoms with van der Waals surface area (Å²) >= 11 is 5.95. The fourth-order valence-electron chi connectivity index (χ4n) is 3.49. The maximum Gasteiger partial charge on any atom is 0.338 e. The van der Waals surface area contributed by atoms with Gasteiger partial charge in [0, 0.05) is 5.56 Å². The van der Waals surface area contributed by atoms with E-state index in [-0.39, 0.29) is 28.1 Å². The molecule has 4 rings (SSSR count). The summed E-state index contributed by atoms with van der Waals surface area (Å²) < 4.78 is 67.1. The van der Waals surface area contributed by atoms with Crippen molar-refractivity contribution in [2.45, 2.75) is 11.0 Å². The standard InChI is InChI=1S/C22H16ClF2NO6S/c1-31-18-5-2-11-7-17(18)26-33(29,30)20-8-12(6-16(23)21(20)27)22(28)32-19(10-24)14-4-3-13(25)9-15(11)14/h2-9,19,26-27H,10H2,1H3. The second-order valence-corrected chi connectivity index (χ2v) is 9.16. The third-order valence-corrected chi connectivity index (χ3v) is 6.73. The van der Waals surface area contributed by atoms with Crippen LogP contribution in [0.2, 0.25) is 5.02 Å². The number of hydrogen-bond acceptors (Lipinski definition) is 6. The molecule has 3 aromatic carbocycles. The second kappa shape index (κ2) is 8.53. The average molecular weight is 496 g/mol. The van der Waals surface area contributed by atoms with E-state index in [9.17, 15) is 27.1 Å². The number of rotatable bonds is 2. The molecule has 0 spiro atoms. The molecule has 11 heteroatoms. The molecule has 33 heavy (non-hydrogen) atoms. The summed E-state index contributed by atoms with van der Waals surface area (Å²) in [6.07, 6.45) is -1.43. The number of ether oxygens (including phenoxy) is 2. The zero-order valence-electron chi connectivity index (χ0n) is 16.9. The highest BCUT2D eigenvalue weighted by atomic mass is 35.5. The summed E-state index contributed by atoms with van der Waals surface area (Å²) in [4.78, 5) is 12.1. The van der Waals surface area contributed by atoms with E-state index in [0.717, 1.165) is 24.3 Å². The third kappa shape index (κ3) is 4.19. The lowest BCUT2D eigenvalue weighted by atomic mass is 9.95. The number of carbonyl (C=O) groups is 1. The van der Waals surface area contributed by atoms with E-state index in [1.165, 1.54) is 31.4 Å². The number of alkyl halides is 1. The predicted molar refractivity (Wildman–Crippen MR) is 116 cm³/mol. The Morgan fingerprint density at radius 3 is 2.61 bits per heavy atom. The number of cyclic esters (lactones) is 1. The Labute approximate surface area is 192 Å². The summed E-state index contributed by atoms with van der Waals surface area (Å²) in [7, 11) is -3.18. The lowest BCUT2D eigenvalue weighted by Gasteiger charge is -2.19. The van der Waals surface area contributed by atoms with E-state index in [1.54, 1.807) is 0 Å². The number of hydrogen-bond donors (Lipinski definition) is 2. The number of methoxy groups -OCH3 is 1. The summed E-state index contributed by atoms with van der Waals surface area (Å²) in [6, 6.07) is 9.66. The van der Waals surface area contributed by atoms with Crippen LogP contribution in [0.4, 0.5) is 14.5 Å². The van der Waals surface area contributed by atoms with Gasteiger partial charge >= 0.3 is 5.97 Å². The smallest absolute Gasteiger partial charge is 0.338 e. The molecule has 172 valence electrons. The molecule has 1 heterocycles. The predicted octanol–water partition coefficient (Wildman–Crippen LogP) is 4.84. The highest BCUT2D eigenvalue weighted by molar-refractivity contribution is 7.92. The largest absolute Gasteiger partial charge is 0.505 e. The molecule has 0 saturated carbocycles. The van der Waals surface area contributed by atoms with E-state index in [1.807, 2.05) is 0 Å². The molecule has 0 fully saturated rings. The van der Waals surface area contributed by atoms with Crippen molar-refractivity contribution in [2.75, 3.05) is 18.5 Å². The fraction of sp³-hybridized carbons (Fsp3) is 0.136. The van der Waals surface area contributed by atoms with Crippen molar-refractivity contribution in [1.82, 2.24) is 0 Å². The molecule has 0 saturated heterocycles. The van der Waals surface area contributed by atoms with Crippen LogP contribution in [0.25, 0.3) is 11.1 Å². The number of phenols is 1.